The van der Waals surface area contributed by atoms with Gasteiger partial charge in [0.25, 0.3) is 5.91 Å². The molecule has 20 heavy (non-hydrogen) atoms. The van der Waals surface area contributed by atoms with E-state index in [9.17, 15) is 4.79 Å². The van der Waals surface area contributed by atoms with Crippen molar-refractivity contribution in [1.29, 1.82) is 0 Å². The maximum atomic E-state index is 12.3. The molecule has 0 spiro atoms. The quantitative estimate of drug-likeness (QED) is 0.603. The van der Waals surface area contributed by atoms with E-state index in [1.54, 1.807) is 30.5 Å². The van der Waals surface area contributed by atoms with Gasteiger partial charge in [0.15, 0.2) is 4.67 Å². The molecule has 0 atom stereocenters. The maximum absolute atomic E-state index is 12.3. The molecule has 7 heteroatoms. The summed E-state index contributed by atoms with van der Waals surface area (Å²) in [5.74, 6) is 1.17. The highest BCUT2D eigenvalue weighted by Crippen LogP contribution is 2.34. The molecule has 0 radical (unpaired) electrons. The summed E-state index contributed by atoms with van der Waals surface area (Å²) in [5.41, 5.74) is 0. The largest absolute Gasteiger partial charge is 0.467 e. The Balaban J connectivity index is 1.81. The molecule has 1 saturated heterocycles. The van der Waals surface area contributed by atoms with Crippen LogP contribution in [0, 0.1) is 0 Å². The number of amides is 1. The minimum Gasteiger partial charge on any atom is -0.467 e. The number of hydrogen-bond donors (Lipinski definition) is 0. The lowest BCUT2D eigenvalue weighted by molar-refractivity contribution is -0.122. The molecule has 0 aliphatic carbocycles. The third-order valence-corrected chi connectivity index (χ3v) is 4.44. The van der Waals surface area contributed by atoms with Crippen LogP contribution < -0.4 is 0 Å². The summed E-state index contributed by atoms with van der Waals surface area (Å²) in [6, 6.07) is 7.15. The monoisotopic (exact) mass is 369 g/mol. The fraction of sp³-hybridized carbons (Fsp3) is 0.0769. The van der Waals surface area contributed by atoms with E-state index in [4.69, 9.17) is 21.1 Å². The number of thiocarbonyl (C=S) groups is 1. The van der Waals surface area contributed by atoms with Gasteiger partial charge in [-0.2, -0.15) is 0 Å². The Hall–Kier alpha value is -1.31. The van der Waals surface area contributed by atoms with Gasteiger partial charge < -0.3 is 8.83 Å². The summed E-state index contributed by atoms with van der Waals surface area (Å²) in [6.45, 7) is 0.344. The molecule has 0 unspecified atom stereocenters. The minimum atomic E-state index is -0.135. The highest BCUT2D eigenvalue weighted by molar-refractivity contribution is 9.10. The molecular formula is C13H8BrNO3S2. The average Bonchev–Trinajstić information content (AvgIpc) is 3.10. The van der Waals surface area contributed by atoms with Crippen LogP contribution in [0.5, 0.6) is 0 Å². The molecule has 0 aromatic carbocycles. The third-order valence-electron chi connectivity index (χ3n) is 2.63. The molecule has 0 saturated carbocycles. The molecule has 1 aliphatic heterocycles. The molecule has 2 aromatic heterocycles. The summed E-state index contributed by atoms with van der Waals surface area (Å²) in [4.78, 5) is 14.4. The highest BCUT2D eigenvalue weighted by Gasteiger charge is 2.32. The molecule has 1 amide bonds. The lowest BCUT2D eigenvalue weighted by Crippen LogP contribution is -2.27. The molecule has 1 fully saturated rings. The summed E-state index contributed by atoms with van der Waals surface area (Å²) in [5, 5.41) is 0. The predicted octanol–water partition coefficient (Wildman–Crippen LogP) is 4.04. The van der Waals surface area contributed by atoms with Crippen molar-refractivity contribution in [2.75, 3.05) is 0 Å². The van der Waals surface area contributed by atoms with E-state index in [-0.39, 0.29) is 5.91 Å². The Morgan fingerprint density at radius 2 is 2.25 bits per heavy atom. The first kappa shape index (κ1) is 13.7. The second kappa shape index (κ2) is 5.59. The Bertz CT molecular complexity index is 690. The third kappa shape index (κ3) is 2.74. The van der Waals surface area contributed by atoms with Crippen molar-refractivity contribution in [3.05, 3.63) is 51.6 Å². The van der Waals surface area contributed by atoms with E-state index in [2.05, 4.69) is 15.9 Å². The van der Waals surface area contributed by atoms with Crippen molar-refractivity contribution in [2.24, 2.45) is 0 Å². The molecule has 3 rings (SSSR count). The fourth-order valence-corrected chi connectivity index (χ4v) is 3.28. The van der Waals surface area contributed by atoms with Crippen LogP contribution in [0.15, 0.2) is 48.9 Å². The van der Waals surface area contributed by atoms with Gasteiger partial charge in [-0.05, 0) is 40.2 Å². The van der Waals surface area contributed by atoms with Crippen LogP contribution >= 0.6 is 39.9 Å². The molecule has 102 valence electrons. The van der Waals surface area contributed by atoms with Crippen molar-refractivity contribution >= 4 is 56.2 Å². The Morgan fingerprint density at radius 3 is 2.90 bits per heavy atom. The maximum Gasteiger partial charge on any atom is 0.266 e. The smallest absolute Gasteiger partial charge is 0.266 e. The highest BCUT2D eigenvalue weighted by atomic mass is 79.9. The first-order chi connectivity index (χ1) is 9.63. The molecule has 3 heterocycles. The number of halogens is 1. The van der Waals surface area contributed by atoms with Gasteiger partial charge in [-0.1, -0.05) is 24.0 Å². The lowest BCUT2D eigenvalue weighted by Gasteiger charge is -2.11. The van der Waals surface area contributed by atoms with Crippen molar-refractivity contribution in [2.45, 2.75) is 6.54 Å². The first-order valence-electron chi connectivity index (χ1n) is 5.66. The number of hydrogen-bond acceptors (Lipinski definition) is 5. The van der Waals surface area contributed by atoms with Crippen molar-refractivity contribution in [1.82, 2.24) is 4.90 Å². The zero-order valence-electron chi connectivity index (χ0n) is 10.0. The van der Waals surface area contributed by atoms with Crippen LogP contribution in [0.1, 0.15) is 11.5 Å². The van der Waals surface area contributed by atoms with E-state index >= 15 is 0 Å². The summed E-state index contributed by atoms with van der Waals surface area (Å²) >= 11 is 9.72. The summed E-state index contributed by atoms with van der Waals surface area (Å²) < 4.78 is 11.7. The SMILES string of the molecule is O=C1/C(=C\c2ccc(Br)o2)SC(=S)N1Cc1ccco1. The van der Waals surface area contributed by atoms with Crippen LogP contribution in [0.4, 0.5) is 0 Å². The molecule has 1 aliphatic rings. The van der Waals surface area contributed by atoms with Crippen LogP contribution in [-0.4, -0.2) is 15.1 Å². The second-order valence-electron chi connectivity index (χ2n) is 3.99. The Kier molecular flexibility index (Phi) is 3.82. The van der Waals surface area contributed by atoms with E-state index in [0.717, 1.165) is 0 Å². The van der Waals surface area contributed by atoms with Gasteiger partial charge in [-0.3, -0.25) is 9.69 Å². The molecule has 4 nitrogen and oxygen atoms in total. The fourth-order valence-electron chi connectivity index (χ4n) is 1.73. The van der Waals surface area contributed by atoms with Crippen molar-refractivity contribution in [3.63, 3.8) is 0 Å². The Labute approximate surface area is 132 Å². The van der Waals surface area contributed by atoms with Crippen LogP contribution in [0.2, 0.25) is 0 Å². The van der Waals surface area contributed by atoms with Gasteiger partial charge in [0, 0.05) is 6.08 Å². The average molecular weight is 370 g/mol. The zero-order valence-corrected chi connectivity index (χ0v) is 13.3. The van der Waals surface area contributed by atoms with E-state index in [1.165, 1.54) is 16.7 Å². The zero-order chi connectivity index (χ0) is 14.1. The van der Waals surface area contributed by atoms with E-state index in [1.807, 2.05) is 6.07 Å². The van der Waals surface area contributed by atoms with Crippen molar-refractivity contribution in [3.8, 4) is 0 Å². The van der Waals surface area contributed by atoms with E-state index in [0.29, 0.717) is 32.0 Å². The standard InChI is InChI=1S/C13H8BrNO3S2/c14-11-4-3-8(18-11)6-10-12(16)15(13(19)20-10)7-9-2-1-5-17-9/h1-6H,7H2/b10-6+. The number of carbonyl (C=O) groups is 1. The van der Waals surface area contributed by atoms with Crippen LogP contribution in [-0.2, 0) is 11.3 Å². The van der Waals surface area contributed by atoms with Crippen LogP contribution in [0.25, 0.3) is 6.08 Å². The minimum absolute atomic E-state index is 0.135. The van der Waals surface area contributed by atoms with Gasteiger partial charge in [0.1, 0.15) is 15.8 Å². The van der Waals surface area contributed by atoms with Gasteiger partial charge in [0.05, 0.1) is 17.7 Å². The van der Waals surface area contributed by atoms with Gasteiger partial charge in [-0.25, -0.2) is 0 Å². The number of thioether (sulfide) groups is 1. The second-order valence-corrected chi connectivity index (χ2v) is 6.45. The number of carbonyl (C=O) groups excluding carboxylic acids is 1. The summed E-state index contributed by atoms with van der Waals surface area (Å²) in [7, 11) is 0. The molecular weight excluding hydrogens is 362 g/mol. The molecule has 2 aromatic rings. The van der Waals surface area contributed by atoms with Crippen LogP contribution in [0.3, 0.4) is 0 Å². The normalized spacial score (nSPS) is 17.4. The van der Waals surface area contributed by atoms with Gasteiger partial charge >= 0.3 is 0 Å². The van der Waals surface area contributed by atoms with Gasteiger partial charge in [0.2, 0.25) is 0 Å². The molecule has 0 N–H and O–H groups in total. The topological polar surface area (TPSA) is 46.6 Å². The molecule has 0 bridgehead atoms. The first-order valence-corrected chi connectivity index (χ1v) is 7.68. The predicted molar refractivity (Wildman–Crippen MR) is 83.8 cm³/mol. The number of rotatable bonds is 3. The van der Waals surface area contributed by atoms with Gasteiger partial charge in [-0.15, -0.1) is 0 Å². The van der Waals surface area contributed by atoms with Crippen molar-refractivity contribution < 1.29 is 13.6 Å². The number of nitrogens with zero attached hydrogens (tertiary/aromatic N) is 1. The van der Waals surface area contributed by atoms with E-state index < -0.39 is 0 Å². The lowest BCUT2D eigenvalue weighted by atomic mass is 10.3. The Morgan fingerprint density at radius 1 is 1.40 bits per heavy atom. The number of furan rings is 2. The summed E-state index contributed by atoms with van der Waals surface area (Å²) in [6.07, 6.45) is 3.26.